The number of rotatable bonds is 6. The second kappa shape index (κ2) is 8.90. The van der Waals surface area contributed by atoms with Crippen LogP contribution in [0.15, 0.2) is 36.4 Å². The first-order chi connectivity index (χ1) is 13.0. The van der Waals surface area contributed by atoms with Gasteiger partial charge in [-0.1, -0.05) is 6.07 Å². The van der Waals surface area contributed by atoms with Crippen LogP contribution in [0.3, 0.4) is 0 Å². The monoisotopic (exact) mass is 376 g/mol. The molecule has 1 aromatic carbocycles. The molecule has 0 saturated heterocycles. The van der Waals surface area contributed by atoms with Gasteiger partial charge in [-0.15, -0.1) is 0 Å². The van der Waals surface area contributed by atoms with Crippen LogP contribution in [-0.2, 0) is 11.3 Å². The molecule has 3 rings (SSSR count). The van der Waals surface area contributed by atoms with Crippen molar-refractivity contribution in [1.82, 2.24) is 10.3 Å². The summed E-state index contributed by atoms with van der Waals surface area (Å²) in [7, 11) is 1.58. The van der Waals surface area contributed by atoms with Gasteiger partial charge in [-0.2, -0.15) is 0 Å². The Morgan fingerprint density at radius 3 is 2.52 bits per heavy atom. The predicted molar refractivity (Wildman–Crippen MR) is 95.4 cm³/mol. The summed E-state index contributed by atoms with van der Waals surface area (Å²) in [5.41, 5.74) is 1.06. The molecule has 1 aliphatic rings. The number of hydrogen-bond donors (Lipinski definition) is 1. The average Bonchev–Trinajstić information content (AvgIpc) is 2.63. The van der Waals surface area contributed by atoms with E-state index in [1.807, 2.05) is 0 Å². The fraction of sp³-hybridized carbons (Fsp3) is 0.400. The van der Waals surface area contributed by atoms with Crippen molar-refractivity contribution in [2.75, 3.05) is 7.11 Å². The molecule has 1 fully saturated rings. The number of pyridine rings is 1. The lowest BCUT2D eigenvalue weighted by Crippen LogP contribution is -2.40. The van der Waals surface area contributed by atoms with Gasteiger partial charge in [0, 0.05) is 31.4 Å². The van der Waals surface area contributed by atoms with Crippen LogP contribution in [0, 0.1) is 11.6 Å². The second-order valence-corrected chi connectivity index (χ2v) is 6.62. The molecule has 144 valence electrons. The van der Waals surface area contributed by atoms with Gasteiger partial charge in [0.05, 0.1) is 18.4 Å². The molecule has 2 aromatic rings. The van der Waals surface area contributed by atoms with Crippen molar-refractivity contribution in [2.45, 2.75) is 44.4 Å². The number of aromatic nitrogens is 1. The van der Waals surface area contributed by atoms with E-state index in [0.717, 1.165) is 18.9 Å². The molecule has 0 atom stereocenters. The Labute approximate surface area is 156 Å². The summed E-state index contributed by atoms with van der Waals surface area (Å²) in [6.07, 6.45) is 2.72. The number of carbonyl (C=O) groups is 1. The van der Waals surface area contributed by atoms with Gasteiger partial charge in [0.15, 0.2) is 0 Å². The van der Waals surface area contributed by atoms with E-state index in [0.29, 0.717) is 30.8 Å². The average molecular weight is 376 g/mol. The fourth-order valence-corrected chi connectivity index (χ4v) is 3.21. The van der Waals surface area contributed by atoms with Crippen LogP contribution in [0.1, 0.15) is 41.9 Å². The second-order valence-electron chi connectivity index (χ2n) is 6.62. The van der Waals surface area contributed by atoms with Crippen molar-refractivity contribution in [3.05, 3.63) is 59.4 Å². The van der Waals surface area contributed by atoms with Gasteiger partial charge in [0.1, 0.15) is 23.1 Å². The normalized spacial score (nSPS) is 19.5. The third-order valence-electron chi connectivity index (χ3n) is 4.48. The summed E-state index contributed by atoms with van der Waals surface area (Å²) in [5, 5.41) is 2.99. The Morgan fingerprint density at radius 2 is 1.85 bits per heavy atom. The zero-order chi connectivity index (χ0) is 19.2. The third kappa shape index (κ3) is 5.47. The Bertz CT molecular complexity index is 772. The number of methoxy groups -OCH3 is 1. The Hall–Kier alpha value is -2.54. The van der Waals surface area contributed by atoms with Crippen LogP contribution in [-0.4, -0.2) is 30.1 Å². The molecule has 5 nitrogen and oxygen atoms in total. The van der Waals surface area contributed by atoms with Gasteiger partial charge in [-0.25, -0.2) is 13.8 Å². The fourth-order valence-electron chi connectivity index (χ4n) is 3.21. The van der Waals surface area contributed by atoms with Gasteiger partial charge in [-0.3, -0.25) is 4.79 Å². The first kappa shape index (κ1) is 19.2. The van der Waals surface area contributed by atoms with E-state index >= 15 is 0 Å². The Morgan fingerprint density at radius 1 is 1.15 bits per heavy atom. The number of benzene rings is 1. The molecule has 0 radical (unpaired) electrons. The third-order valence-corrected chi connectivity index (χ3v) is 4.48. The number of amides is 1. The van der Waals surface area contributed by atoms with Gasteiger partial charge in [0.2, 0.25) is 0 Å². The van der Waals surface area contributed by atoms with E-state index < -0.39 is 11.6 Å². The lowest BCUT2D eigenvalue weighted by Gasteiger charge is -2.29. The number of nitrogens with one attached hydrogen (secondary N) is 1. The first-order valence-electron chi connectivity index (χ1n) is 8.92. The molecule has 1 aliphatic carbocycles. The highest BCUT2D eigenvalue weighted by atomic mass is 19.1. The maximum atomic E-state index is 13.2. The number of hydrogen-bond acceptors (Lipinski definition) is 4. The molecule has 0 aliphatic heterocycles. The molecule has 0 spiro atoms. The molecule has 1 aromatic heterocycles. The number of ether oxygens (including phenoxy) is 2. The van der Waals surface area contributed by atoms with Crippen LogP contribution in [0.5, 0.6) is 5.75 Å². The first-order valence-corrected chi connectivity index (χ1v) is 8.92. The minimum Gasteiger partial charge on any atom is -0.490 e. The molecule has 0 unspecified atom stereocenters. The molecule has 1 heterocycles. The molecular formula is C20H22F2N2O3. The van der Waals surface area contributed by atoms with Crippen molar-refractivity contribution in [3.8, 4) is 5.75 Å². The van der Waals surface area contributed by atoms with Crippen LogP contribution in [0.25, 0.3) is 0 Å². The molecule has 1 saturated carbocycles. The van der Waals surface area contributed by atoms with E-state index in [-0.39, 0.29) is 23.8 Å². The maximum absolute atomic E-state index is 13.2. The molecule has 1 amide bonds. The number of halogens is 2. The van der Waals surface area contributed by atoms with Crippen LogP contribution in [0.4, 0.5) is 8.78 Å². The largest absolute Gasteiger partial charge is 0.490 e. The van der Waals surface area contributed by atoms with E-state index in [9.17, 15) is 13.6 Å². The van der Waals surface area contributed by atoms with E-state index in [1.54, 1.807) is 25.3 Å². The minimum atomic E-state index is -0.658. The summed E-state index contributed by atoms with van der Waals surface area (Å²) < 4.78 is 37.2. The van der Waals surface area contributed by atoms with Crippen molar-refractivity contribution < 1.29 is 23.0 Å². The Balaban J connectivity index is 1.50. The highest BCUT2D eigenvalue weighted by molar-refractivity contribution is 5.92. The van der Waals surface area contributed by atoms with E-state index in [1.165, 1.54) is 12.1 Å². The summed E-state index contributed by atoms with van der Waals surface area (Å²) in [6, 6.07) is 8.44. The zero-order valence-electron chi connectivity index (χ0n) is 15.1. The zero-order valence-corrected chi connectivity index (χ0v) is 15.1. The Kier molecular flexibility index (Phi) is 6.34. The summed E-state index contributed by atoms with van der Waals surface area (Å²) in [4.78, 5) is 16.7. The smallest absolute Gasteiger partial charge is 0.270 e. The van der Waals surface area contributed by atoms with Crippen molar-refractivity contribution in [1.29, 1.82) is 0 Å². The highest BCUT2D eigenvalue weighted by Gasteiger charge is 2.24. The molecular weight excluding hydrogens is 354 g/mol. The molecule has 0 bridgehead atoms. The highest BCUT2D eigenvalue weighted by Crippen LogP contribution is 2.25. The van der Waals surface area contributed by atoms with Crippen molar-refractivity contribution in [3.63, 3.8) is 0 Å². The van der Waals surface area contributed by atoms with Crippen LogP contribution in [0.2, 0.25) is 0 Å². The van der Waals surface area contributed by atoms with Crippen molar-refractivity contribution in [2.24, 2.45) is 0 Å². The minimum absolute atomic E-state index is 0.0227. The number of carbonyl (C=O) groups excluding carboxylic acids is 1. The van der Waals surface area contributed by atoms with Gasteiger partial charge in [-0.05, 0) is 37.8 Å². The van der Waals surface area contributed by atoms with Gasteiger partial charge in [0.25, 0.3) is 5.91 Å². The topological polar surface area (TPSA) is 60.5 Å². The number of nitrogens with zero attached hydrogens (tertiary/aromatic N) is 1. The maximum Gasteiger partial charge on any atom is 0.270 e. The lowest BCUT2D eigenvalue weighted by atomic mass is 9.92. The molecule has 7 heteroatoms. The quantitative estimate of drug-likeness (QED) is 0.836. The SMILES string of the molecule is COCc1cccc(C(=O)NC2CCC(Oc3cc(F)cc(F)c3)CC2)n1. The summed E-state index contributed by atoms with van der Waals surface area (Å²) >= 11 is 0. The molecule has 1 N–H and O–H groups in total. The standard InChI is InChI=1S/C20H22F2N2O3/c1-26-12-16-3-2-4-19(23-16)20(25)24-15-5-7-17(8-6-15)27-18-10-13(21)9-14(22)11-18/h2-4,9-11,15,17H,5-8,12H2,1H3,(H,24,25). The summed E-state index contributed by atoms with van der Waals surface area (Å²) in [6.45, 7) is 0.351. The van der Waals surface area contributed by atoms with Crippen LogP contribution < -0.4 is 10.1 Å². The van der Waals surface area contributed by atoms with E-state index in [2.05, 4.69) is 10.3 Å². The lowest BCUT2D eigenvalue weighted by molar-refractivity contribution is 0.0887. The van der Waals surface area contributed by atoms with Gasteiger partial charge >= 0.3 is 0 Å². The van der Waals surface area contributed by atoms with Crippen molar-refractivity contribution >= 4 is 5.91 Å². The van der Waals surface area contributed by atoms with Gasteiger partial charge < -0.3 is 14.8 Å². The summed E-state index contributed by atoms with van der Waals surface area (Å²) in [5.74, 6) is -1.34. The van der Waals surface area contributed by atoms with E-state index in [4.69, 9.17) is 9.47 Å². The predicted octanol–water partition coefficient (Wildman–Crippen LogP) is 3.63. The molecule has 27 heavy (non-hydrogen) atoms. The van der Waals surface area contributed by atoms with Crippen LogP contribution >= 0.6 is 0 Å².